The van der Waals surface area contributed by atoms with Gasteiger partial charge < -0.3 is 9.47 Å². The van der Waals surface area contributed by atoms with Crippen LogP contribution in [-0.4, -0.2) is 24.6 Å². The Hall–Kier alpha value is -3.64. The van der Waals surface area contributed by atoms with Crippen LogP contribution in [0.25, 0.3) is 21.7 Å². The largest absolute Gasteiger partial charge is 0.497 e. The number of methoxy groups -OCH3 is 1. The maximum absolute atomic E-state index is 12.4. The summed E-state index contributed by atoms with van der Waals surface area (Å²) >= 11 is 1.45. The molecule has 1 heterocycles. The molecule has 1 amide bonds. The molecule has 0 aliphatic heterocycles. The van der Waals surface area contributed by atoms with Crippen molar-refractivity contribution in [3.05, 3.63) is 84.9 Å². The number of ether oxygens (including phenoxy) is 2. The number of carbonyl (C=O) groups excluding carboxylic acids is 1. The van der Waals surface area contributed by atoms with E-state index in [0.29, 0.717) is 10.9 Å². The number of hydrogen-bond donors (Lipinski definition) is 1. The highest BCUT2D eigenvalue weighted by Gasteiger charge is 2.16. The lowest BCUT2D eigenvalue weighted by atomic mass is 10.1. The number of amides is 1. The van der Waals surface area contributed by atoms with Crippen molar-refractivity contribution in [1.82, 2.24) is 4.98 Å². The maximum Gasteiger partial charge on any atom is 0.264 e. The first-order chi connectivity index (χ1) is 14.7. The number of carbonyl (C=O) groups is 1. The van der Waals surface area contributed by atoms with E-state index in [1.165, 1.54) is 11.3 Å². The van der Waals surface area contributed by atoms with Gasteiger partial charge in [-0.25, -0.2) is 4.98 Å². The second kappa shape index (κ2) is 9.24. The number of hydrogen-bond acceptors (Lipinski definition) is 5. The third-order valence-electron chi connectivity index (χ3n) is 4.39. The molecular formula is C24H20N2O3S. The fraction of sp³-hybridized carbons (Fsp3) is 0.0833. The summed E-state index contributed by atoms with van der Waals surface area (Å²) in [4.78, 5) is 18.1. The molecule has 0 fully saturated rings. The number of benzene rings is 3. The Morgan fingerprint density at radius 2 is 1.47 bits per heavy atom. The van der Waals surface area contributed by atoms with Gasteiger partial charge in [0.2, 0.25) is 0 Å². The summed E-state index contributed by atoms with van der Waals surface area (Å²) in [7, 11) is 1.60. The summed E-state index contributed by atoms with van der Waals surface area (Å²) in [5.74, 6) is 1.07. The molecule has 30 heavy (non-hydrogen) atoms. The van der Waals surface area contributed by atoms with Gasteiger partial charge in [0.1, 0.15) is 11.5 Å². The van der Waals surface area contributed by atoms with E-state index in [0.717, 1.165) is 27.4 Å². The summed E-state index contributed by atoms with van der Waals surface area (Å²) in [6, 6.07) is 27.1. The van der Waals surface area contributed by atoms with Gasteiger partial charge in [0, 0.05) is 5.56 Å². The topological polar surface area (TPSA) is 60.5 Å². The van der Waals surface area contributed by atoms with E-state index in [2.05, 4.69) is 10.3 Å². The van der Waals surface area contributed by atoms with Gasteiger partial charge in [0.05, 0.1) is 17.7 Å². The van der Waals surface area contributed by atoms with Crippen molar-refractivity contribution in [2.24, 2.45) is 0 Å². The number of nitrogens with zero attached hydrogens (tertiary/aromatic N) is 1. The van der Waals surface area contributed by atoms with Crippen molar-refractivity contribution in [3.8, 4) is 33.2 Å². The molecule has 0 unspecified atom stereocenters. The Labute approximate surface area is 178 Å². The molecule has 0 radical (unpaired) electrons. The van der Waals surface area contributed by atoms with Crippen LogP contribution < -0.4 is 14.8 Å². The molecule has 5 nitrogen and oxygen atoms in total. The summed E-state index contributed by atoms with van der Waals surface area (Å²) < 4.78 is 10.7. The Bertz CT molecular complexity index is 1050. The standard InChI is InChI=1S/C24H20N2O3S/c1-28-19-12-14-20(15-13-19)29-16-21(27)25-24-26-22(17-8-4-2-5-9-17)23(30-24)18-10-6-3-7-11-18/h2-15H,16H2,1H3,(H,25,26,27). The quantitative estimate of drug-likeness (QED) is 0.432. The van der Waals surface area contributed by atoms with E-state index in [9.17, 15) is 4.79 Å². The Balaban J connectivity index is 1.51. The van der Waals surface area contributed by atoms with Crippen LogP contribution in [0.1, 0.15) is 0 Å². The molecule has 0 aliphatic carbocycles. The van der Waals surface area contributed by atoms with Crippen LogP contribution in [0.5, 0.6) is 11.5 Å². The lowest BCUT2D eigenvalue weighted by molar-refractivity contribution is -0.118. The number of anilines is 1. The highest BCUT2D eigenvalue weighted by Crippen LogP contribution is 2.38. The minimum Gasteiger partial charge on any atom is -0.497 e. The van der Waals surface area contributed by atoms with E-state index in [-0.39, 0.29) is 12.5 Å². The highest BCUT2D eigenvalue weighted by atomic mass is 32.1. The molecule has 0 spiro atoms. The Kier molecular flexibility index (Phi) is 6.06. The summed E-state index contributed by atoms with van der Waals surface area (Å²) in [6.45, 7) is -0.104. The SMILES string of the molecule is COc1ccc(OCC(=O)Nc2nc(-c3ccccc3)c(-c3ccccc3)s2)cc1. The van der Waals surface area contributed by atoms with E-state index < -0.39 is 0 Å². The summed E-state index contributed by atoms with van der Waals surface area (Å²) in [5.41, 5.74) is 2.91. The zero-order chi connectivity index (χ0) is 20.8. The normalized spacial score (nSPS) is 10.4. The minimum atomic E-state index is -0.265. The summed E-state index contributed by atoms with van der Waals surface area (Å²) in [6.07, 6.45) is 0. The molecule has 0 bridgehead atoms. The molecule has 1 aromatic heterocycles. The first kappa shape index (κ1) is 19.7. The molecule has 4 rings (SSSR count). The van der Waals surface area contributed by atoms with Gasteiger partial charge in [-0.3, -0.25) is 10.1 Å². The average molecular weight is 417 g/mol. The second-order valence-electron chi connectivity index (χ2n) is 6.44. The van der Waals surface area contributed by atoms with Gasteiger partial charge in [-0.05, 0) is 29.8 Å². The fourth-order valence-corrected chi connectivity index (χ4v) is 3.94. The van der Waals surface area contributed by atoms with Crippen molar-refractivity contribution >= 4 is 22.4 Å². The van der Waals surface area contributed by atoms with E-state index in [1.54, 1.807) is 31.4 Å². The number of aromatic nitrogens is 1. The van der Waals surface area contributed by atoms with Crippen LogP contribution in [-0.2, 0) is 4.79 Å². The molecular weight excluding hydrogens is 396 g/mol. The van der Waals surface area contributed by atoms with Gasteiger partial charge in [0.25, 0.3) is 5.91 Å². The van der Waals surface area contributed by atoms with Crippen LogP contribution in [0.15, 0.2) is 84.9 Å². The molecule has 0 atom stereocenters. The molecule has 150 valence electrons. The first-order valence-electron chi connectivity index (χ1n) is 9.41. The zero-order valence-corrected chi connectivity index (χ0v) is 17.2. The van der Waals surface area contributed by atoms with Crippen LogP contribution >= 0.6 is 11.3 Å². The second-order valence-corrected chi connectivity index (χ2v) is 7.44. The molecule has 1 N–H and O–H groups in total. The van der Waals surface area contributed by atoms with E-state index in [4.69, 9.17) is 9.47 Å². The molecule has 0 aliphatic rings. The van der Waals surface area contributed by atoms with Crippen LogP contribution in [0.3, 0.4) is 0 Å². The zero-order valence-electron chi connectivity index (χ0n) is 16.4. The first-order valence-corrected chi connectivity index (χ1v) is 10.2. The predicted molar refractivity (Wildman–Crippen MR) is 120 cm³/mol. The van der Waals surface area contributed by atoms with Crippen LogP contribution in [0.4, 0.5) is 5.13 Å². The molecule has 3 aromatic carbocycles. The maximum atomic E-state index is 12.4. The van der Waals surface area contributed by atoms with Gasteiger partial charge in [-0.1, -0.05) is 72.0 Å². The average Bonchev–Trinajstić information content (AvgIpc) is 3.23. The van der Waals surface area contributed by atoms with Crippen molar-refractivity contribution in [2.75, 3.05) is 19.0 Å². The van der Waals surface area contributed by atoms with Crippen LogP contribution in [0, 0.1) is 0 Å². The van der Waals surface area contributed by atoms with Crippen molar-refractivity contribution < 1.29 is 14.3 Å². The molecule has 0 saturated carbocycles. The molecule has 6 heteroatoms. The van der Waals surface area contributed by atoms with Gasteiger partial charge in [-0.15, -0.1) is 0 Å². The Morgan fingerprint density at radius 3 is 2.10 bits per heavy atom. The highest BCUT2D eigenvalue weighted by molar-refractivity contribution is 7.19. The smallest absolute Gasteiger partial charge is 0.264 e. The van der Waals surface area contributed by atoms with Crippen molar-refractivity contribution in [1.29, 1.82) is 0 Å². The van der Waals surface area contributed by atoms with Crippen molar-refractivity contribution in [3.63, 3.8) is 0 Å². The Morgan fingerprint density at radius 1 is 0.867 bits per heavy atom. The summed E-state index contributed by atoms with van der Waals surface area (Å²) in [5, 5.41) is 3.39. The number of rotatable bonds is 7. The van der Waals surface area contributed by atoms with Gasteiger partial charge in [0.15, 0.2) is 11.7 Å². The predicted octanol–water partition coefficient (Wildman–Crippen LogP) is 5.50. The number of nitrogens with one attached hydrogen (secondary N) is 1. The number of thiazole rings is 1. The molecule has 4 aromatic rings. The van der Waals surface area contributed by atoms with E-state index in [1.807, 2.05) is 60.7 Å². The van der Waals surface area contributed by atoms with Crippen LogP contribution in [0.2, 0.25) is 0 Å². The van der Waals surface area contributed by atoms with E-state index >= 15 is 0 Å². The van der Waals surface area contributed by atoms with Gasteiger partial charge in [-0.2, -0.15) is 0 Å². The molecule has 0 saturated heterocycles. The third kappa shape index (κ3) is 4.67. The lowest BCUT2D eigenvalue weighted by Crippen LogP contribution is -2.20. The minimum absolute atomic E-state index is 0.104. The van der Waals surface area contributed by atoms with Crippen molar-refractivity contribution in [2.45, 2.75) is 0 Å². The fourth-order valence-electron chi connectivity index (χ4n) is 2.93. The van der Waals surface area contributed by atoms with Gasteiger partial charge >= 0.3 is 0 Å². The third-order valence-corrected chi connectivity index (χ3v) is 5.41. The monoisotopic (exact) mass is 416 g/mol. The lowest BCUT2D eigenvalue weighted by Gasteiger charge is -2.06.